The highest BCUT2D eigenvalue weighted by molar-refractivity contribution is 5.85. The van der Waals surface area contributed by atoms with Crippen LogP contribution >= 0.6 is 0 Å². The molecule has 89 valence electrons. The molecule has 0 N–H and O–H groups in total. The molecular formula is C9H8N3O5. The number of rotatable bonds is 4. The lowest BCUT2D eigenvalue weighted by Crippen LogP contribution is -2.13. The molecule has 1 aromatic rings. The van der Waals surface area contributed by atoms with Crippen LogP contribution in [0.1, 0.15) is 5.56 Å². The van der Waals surface area contributed by atoms with E-state index < -0.39 is 21.2 Å². The van der Waals surface area contributed by atoms with Gasteiger partial charge in [-0.05, 0) is 0 Å². The Morgan fingerprint density at radius 2 is 1.53 bits per heavy atom. The molecule has 0 saturated heterocycles. The Hall–Kier alpha value is -2.51. The van der Waals surface area contributed by atoms with Gasteiger partial charge >= 0.3 is 0 Å². The predicted octanol–water partition coefficient (Wildman–Crippen LogP) is 1.03. The van der Waals surface area contributed by atoms with E-state index in [0.717, 1.165) is 12.1 Å². The average molecular weight is 238 g/mol. The molecule has 17 heavy (non-hydrogen) atoms. The van der Waals surface area contributed by atoms with Crippen LogP contribution in [0, 0.1) is 20.2 Å². The first-order valence-corrected chi connectivity index (χ1v) is 4.40. The highest BCUT2D eigenvalue weighted by Gasteiger charge is 2.28. The van der Waals surface area contributed by atoms with Gasteiger partial charge in [-0.1, -0.05) is 0 Å². The quantitative estimate of drug-likeness (QED) is 0.572. The summed E-state index contributed by atoms with van der Waals surface area (Å²) in [6.07, 6.45) is 1.41. The fourth-order valence-electron chi connectivity index (χ4n) is 1.40. The molecule has 0 saturated carbocycles. The molecule has 1 radical (unpaired) electrons. The third-order valence-electron chi connectivity index (χ3n) is 2.03. The van der Waals surface area contributed by atoms with Crippen LogP contribution in [-0.2, 0) is 4.79 Å². The average Bonchev–Trinajstić information content (AvgIpc) is 2.26. The monoisotopic (exact) mass is 238 g/mol. The molecule has 0 amide bonds. The Balaban J connectivity index is 3.67. The van der Waals surface area contributed by atoms with Gasteiger partial charge in [-0.3, -0.25) is 25.0 Å². The van der Waals surface area contributed by atoms with Gasteiger partial charge < -0.3 is 4.90 Å². The number of hydrogen-bond donors (Lipinski definition) is 0. The van der Waals surface area contributed by atoms with E-state index in [1.807, 2.05) is 0 Å². The molecule has 0 unspecified atom stereocenters. The molecule has 0 fully saturated rings. The summed E-state index contributed by atoms with van der Waals surface area (Å²) in [4.78, 5) is 31.8. The molecule has 8 heteroatoms. The summed E-state index contributed by atoms with van der Waals surface area (Å²) in [7, 11) is 2.89. The van der Waals surface area contributed by atoms with Crippen LogP contribution in [0.3, 0.4) is 0 Å². The summed E-state index contributed by atoms with van der Waals surface area (Å²) in [6, 6.07) is 1.91. The van der Waals surface area contributed by atoms with Crippen molar-refractivity contribution in [2.24, 2.45) is 0 Å². The molecule has 0 bridgehead atoms. The normalized spacial score (nSPS) is 9.76. The molecule has 0 aromatic heterocycles. The number of hydrogen-bond acceptors (Lipinski definition) is 6. The Kier molecular flexibility index (Phi) is 3.37. The number of nitrogens with zero attached hydrogens (tertiary/aromatic N) is 3. The topological polar surface area (TPSA) is 107 Å². The maximum absolute atomic E-state index is 10.8. The SMILES string of the molecule is CN(C)c1c([N+](=O)[O-])cc([C]=O)cc1[N+](=O)[O-]. The first-order valence-electron chi connectivity index (χ1n) is 4.40. The second kappa shape index (κ2) is 4.56. The van der Waals surface area contributed by atoms with Gasteiger partial charge in [0.15, 0.2) is 5.69 Å². The van der Waals surface area contributed by atoms with Crippen LogP contribution in [0.15, 0.2) is 12.1 Å². The third-order valence-corrected chi connectivity index (χ3v) is 2.03. The highest BCUT2D eigenvalue weighted by atomic mass is 16.6. The van der Waals surface area contributed by atoms with Gasteiger partial charge in [-0.15, -0.1) is 0 Å². The lowest BCUT2D eigenvalue weighted by Gasteiger charge is -2.12. The fourth-order valence-corrected chi connectivity index (χ4v) is 1.40. The van der Waals surface area contributed by atoms with Crippen molar-refractivity contribution in [3.8, 4) is 0 Å². The molecule has 0 spiro atoms. The molecule has 0 heterocycles. The number of carbonyl (C=O) groups excluding carboxylic acids is 1. The maximum Gasteiger partial charge on any atom is 0.300 e. The van der Waals surface area contributed by atoms with Crippen LogP contribution in [0.25, 0.3) is 0 Å². The van der Waals surface area contributed by atoms with Crippen molar-refractivity contribution in [3.05, 3.63) is 37.9 Å². The van der Waals surface area contributed by atoms with Crippen LogP contribution in [0.2, 0.25) is 0 Å². The van der Waals surface area contributed by atoms with E-state index in [2.05, 4.69) is 0 Å². The van der Waals surface area contributed by atoms with Gasteiger partial charge in [-0.25, -0.2) is 0 Å². The number of nitro benzene ring substituents is 2. The van der Waals surface area contributed by atoms with E-state index in [0.29, 0.717) is 0 Å². The summed E-state index contributed by atoms with van der Waals surface area (Å²) in [5.74, 6) is 0. The standard InChI is InChI=1S/C9H8N3O5/c1-10(2)9-7(11(14)15)3-6(5-13)4-8(9)12(16)17/h3-4H,1-2H3. The van der Waals surface area contributed by atoms with E-state index in [-0.39, 0.29) is 11.3 Å². The molecule has 0 atom stereocenters. The lowest BCUT2D eigenvalue weighted by atomic mass is 10.1. The van der Waals surface area contributed by atoms with Crippen molar-refractivity contribution in [1.82, 2.24) is 0 Å². The summed E-state index contributed by atoms with van der Waals surface area (Å²) < 4.78 is 0. The highest BCUT2D eigenvalue weighted by Crippen LogP contribution is 2.37. The van der Waals surface area contributed by atoms with Crippen LogP contribution in [0.4, 0.5) is 17.1 Å². The van der Waals surface area contributed by atoms with E-state index in [1.165, 1.54) is 25.3 Å². The number of benzene rings is 1. The van der Waals surface area contributed by atoms with Crippen molar-refractivity contribution in [1.29, 1.82) is 0 Å². The van der Waals surface area contributed by atoms with E-state index in [4.69, 9.17) is 0 Å². The molecule has 0 aliphatic rings. The van der Waals surface area contributed by atoms with Gasteiger partial charge in [0, 0.05) is 31.8 Å². The Labute approximate surface area is 95.8 Å². The van der Waals surface area contributed by atoms with E-state index >= 15 is 0 Å². The van der Waals surface area contributed by atoms with Crippen LogP contribution < -0.4 is 4.90 Å². The van der Waals surface area contributed by atoms with Crippen molar-refractivity contribution in [3.63, 3.8) is 0 Å². The second-order valence-electron chi connectivity index (χ2n) is 3.37. The maximum atomic E-state index is 10.8. The van der Waals surface area contributed by atoms with Crippen molar-refractivity contribution >= 4 is 23.3 Å². The minimum atomic E-state index is -0.775. The first-order chi connectivity index (χ1) is 7.88. The molecule has 8 nitrogen and oxygen atoms in total. The van der Waals surface area contributed by atoms with Crippen molar-refractivity contribution < 1.29 is 14.6 Å². The lowest BCUT2D eigenvalue weighted by molar-refractivity contribution is -0.392. The van der Waals surface area contributed by atoms with Gasteiger partial charge in [-0.2, -0.15) is 0 Å². The summed E-state index contributed by atoms with van der Waals surface area (Å²) >= 11 is 0. The first kappa shape index (κ1) is 12.6. The van der Waals surface area contributed by atoms with E-state index in [1.54, 1.807) is 0 Å². The molecule has 0 aliphatic carbocycles. The summed E-state index contributed by atoms with van der Waals surface area (Å²) in [6.45, 7) is 0. The Bertz CT molecular complexity index is 462. The number of nitro groups is 2. The Morgan fingerprint density at radius 1 is 1.12 bits per heavy atom. The second-order valence-corrected chi connectivity index (χ2v) is 3.37. The summed E-state index contributed by atoms with van der Waals surface area (Å²) in [5.41, 5.74) is -1.38. The van der Waals surface area contributed by atoms with Crippen LogP contribution in [0.5, 0.6) is 0 Å². The Morgan fingerprint density at radius 3 is 1.76 bits per heavy atom. The number of anilines is 1. The largest absolute Gasteiger partial charge is 0.366 e. The molecule has 1 rings (SSSR count). The van der Waals surface area contributed by atoms with Crippen molar-refractivity contribution in [2.45, 2.75) is 0 Å². The predicted molar refractivity (Wildman–Crippen MR) is 58.9 cm³/mol. The zero-order chi connectivity index (χ0) is 13.2. The zero-order valence-corrected chi connectivity index (χ0v) is 9.04. The molecule has 0 aliphatic heterocycles. The van der Waals surface area contributed by atoms with Gasteiger partial charge in [0.1, 0.15) is 0 Å². The van der Waals surface area contributed by atoms with Crippen molar-refractivity contribution in [2.75, 3.05) is 19.0 Å². The molecule has 1 aromatic carbocycles. The van der Waals surface area contributed by atoms with Gasteiger partial charge in [0.05, 0.1) is 9.85 Å². The minimum absolute atomic E-state index is 0.154. The summed E-state index contributed by atoms with van der Waals surface area (Å²) in [5, 5.41) is 21.6. The van der Waals surface area contributed by atoms with Crippen LogP contribution in [-0.4, -0.2) is 30.2 Å². The minimum Gasteiger partial charge on any atom is -0.366 e. The molecular weight excluding hydrogens is 230 g/mol. The smallest absolute Gasteiger partial charge is 0.300 e. The fraction of sp³-hybridized carbons (Fsp3) is 0.222. The van der Waals surface area contributed by atoms with Gasteiger partial charge in [0.25, 0.3) is 11.4 Å². The third kappa shape index (κ3) is 2.36. The zero-order valence-electron chi connectivity index (χ0n) is 9.04. The van der Waals surface area contributed by atoms with E-state index in [9.17, 15) is 25.0 Å². The van der Waals surface area contributed by atoms with Gasteiger partial charge in [0.2, 0.25) is 6.29 Å².